The van der Waals surface area contributed by atoms with E-state index in [1.54, 1.807) is 46.0 Å². The molecule has 0 N–H and O–H groups in total. The Kier molecular flexibility index (Phi) is 4.20. The monoisotopic (exact) mass is 265 g/mol. The Balaban J connectivity index is 2.97. The lowest BCUT2D eigenvalue weighted by Crippen LogP contribution is -2.39. The molecular weight excluding hydrogens is 246 g/mol. The number of rotatable bonds is 1. The van der Waals surface area contributed by atoms with Crippen molar-refractivity contribution in [3.8, 4) is 6.07 Å². The normalized spacial score (nSPS) is 21.5. The maximum absolute atomic E-state index is 12.0. The van der Waals surface area contributed by atoms with Gasteiger partial charge in [0.2, 0.25) is 0 Å². The van der Waals surface area contributed by atoms with Crippen LogP contribution in [0, 0.1) is 11.3 Å². The van der Waals surface area contributed by atoms with Crippen LogP contribution < -0.4 is 0 Å². The van der Waals surface area contributed by atoms with Crippen molar-refractivity contribution in [1.82, 2.24) is 9.80 Å². The Bertz CT molecular complexity index is 455. The lowest BCUT2D eigenvalue weighted by molar-refractivity contribution is -0.114. The Morgan fingerprint density at radius 1 is 1.53 bits per heavy atom. The molecule has 104 valence electrons. The summed E-state index contributed by atoms with van der Waals surface area (Å²) in [6.07, 6.45) is 0.926. The second kappa shape index (κ2) is 5.31. The summed E-state index contributed by atoms with van der Waals surface area (Å²) in [7, 11) is 3.51. The number of carbonyl (C=O) groups is 2. The van der Waals surface area contributed by atoms with Gasteiger partial charge in [-0.1, -0.05) is 0 Å². The van der Waals surface area contributed by atoms with Crippen molar-refractivity contribution >= 4 is 11.9 Å². The third-order valence-corrected chi connectivity index (χ3v) is 2.39. The van der Waals surface area contributed by atoms with Crippen LogP contribution in [0.15, 0.2) is 11.8 Å². The zero-order valence-corrected chi connectivity index (χ0v) is 11.9. The van der Waals surface area contributed by atoms with Gasteiger partial charge in [0.1, 0.15) is 5.60 Å². The molecule has 1 aliphatic heterocycles. The van der Waals surface area contributed by atoms with Crippen molar-refractivity contribution in [1.29, 1.82) is 5.26 Å². The molecule has 1 aliphatic rings. The highest BCUT2D eigenvalue weighted by molar-refractivity contribution is 6.03. The smallest absolute Gasteiger partial charge is 0.412 e. The van der Waals surface area contributed by atoms with Crippen LogP contribution in [-0.2, 0) is 9.53 Å². The van der Waals surface area contributed by atoms with Gasteiger partial charge in [0.15, 0.2) is 11.8 Å². The van der Waals surface area contributed by atoms with E-state index < -0.39 is 17.7 Å². The molecule has 1 unspecified atom stereocenters. The first-order valence-electron chi connectivity index (χ1n) is 5.96. The number of amides is 1. The molecule has 1 rings (SSSR count). The van der Waals surface area contributed by atoms with E-state index in [9.17, 15) is 14.9 Å². The van der Waals surface area contributed by atoms with Gasteiger partial charge in [-0.2, -0.15) is 5.26 Å². The molecule has 1 heterocycles. The molecule has 0 saturated carbocycles. The highest BCUT2D eigenvalue weighted by Gasteiger charge is 2.41. The minimum Gasteiger partial charge on any atom is -0.444 e. The van der Waals surface area contributed by atoms with E-state index in [2.05, 4.69) is 0 Å². The molecule has 6 heteroatoms. The SMILES string of the molecule is CN(C)C=C1C(=O)CN(C(=O)OC(C)(C)C)C1C#N. The van der Waals surface area contributed by atoms with Crippen molar-refractivity contribution in [2.75, 3.05) is 20.6 Å². The van der Waals surface area contributed by atoms with E-state index in [1.807, 2.05) is 6.07 Å². The van der Waals surface area contributed by atoms with E-state index in [1.165, 1.54) is 0 Å². The summed E-state index contributed by atoms with van der Waals surface area (Å²) in [5, 5.41) is 9.17. The van der Waals surface area contributed by atoms with Gasteiger partial charge in [-0.3, -0.25) is 9.69 Å². The molecular formula is C13H19N3O3. The highest BCUT2D eigenvalue weighted by Crippen LogP contribution is 2.23. The van der Waals surface area contributed by atoms with Gasteiger partial charge in [-0.05, 0) is 20.8 Å². The summed E-state index contributed by atoms with van der Waals surface area (Å²) in [4.78, 5) is 26.7. The summed E-state index contributed by atoms with van der Waals surface area (Å²) in [6, 6.07) is 1.09. The largest absolute Gasteiger partial charge is 0.444 e. The third-order valence-electron chi connectivity index (χ3n) is 2.39. The molecule has 0 radical (unpaired) electrons. The lowest BCUT2D eigenvalue weighted by atomic mass is 10.1. The Hall–Kier alpha value is -2.03. The van der Waals surface area contributed by atoms with Gasteiger partial charge < -0.3 is 9.64 Å². The van der Waals surface area contributed by atoms with E-state index in [0.29, 0.717) is 5.57 Å². The Morgan fingerprint density at radius 2 is 2.11 bits per heavy atom. The maximum atomic E-state index is 12.0. The molecule has 0 aromatic rings. The Labute approximate surface area is 113 Å². The Morgan fingerprint density at radius 3 is 2.53 bits per heavy atom. The van der Waals surface area contributed by atoms with E-state index >= 15 is 0 Å². The van der Waals surface area contributed by atoms with Gasteiger partial charge in [0, 0.05) is 25.9 Å². The first-order valence-corrected chi connectivity index (χ1v) is 5.96. The van der Waals surface area contributed by atoms with Gasteiger partial charge in [-0.25, -0.2) is 4.79 Å². The fraction of sp³-hybridized carbons (Fsp3) is 0.615. The number of Topliss-reactive ketones (excluding diaryl/α,β-unsaturated/α-hetero) is 1. The second-order valence-corrected chi connectivity index (χ2v) is 5.61. The van der Waals surface area contributed by atoms with Gasteiger partial charge in [0.05, 0.1) is 12.6 Å². The van der Waals surface area contributed by atoms with Crippen LogP contribution in [0.2, 0.25) is 0 Å². The zero-order chi connectivity index (χ0) is 14.8. The zero-order valence-electron chi connectivity index (χ0n) is 11.9. The minimum absolute atomic E-state index is 0.118. The van der Waals surface area contributed by atoms with Crippen molar-refractivity contribution in [3.63, 3.8) is 0 Å². The minimum atomic E-state index is -0.884. The second-order valence-electron chi connectivity index (χ2n) is 5.61. The predicted octanol–water partition coefficient (Wildman–Crippen LogP) is 1.14. The summed E-state index contributed by atoms with van der Waals surface area (Å²) < 4.78 is 5.20. The van der Waals surface area contributed by atoms with Crippen LogP contribution >= 0.6 is 0 Å². The molecule has 19 heavy (non-hydrogen) atoms. The standard InChI is InChI=1S/C13H19N3O3/c1-13(2,3)19-12(18)16-8-11(17)9(7-15(4)5)10(16)6-14/h7,10H,8H2,1-5H3. The van der Waals surface area contributed by atoms with Gasteiger partial charge in [-0.15, -0.1) is 0 Å². The van der Waals surface area contributed by atoms with Gasteiger partial charge >= 0.3 is 6.09 Å². The number of hydrogen-bond donors (Lipinski definition) is 0. The first-order chi connectivity index (χ1) is 8.65. The number of carbonyl (C=O) groups excluding carboxylic acids is 2. The molecule has 0 aliphatic carbocycles. The molecule has 1 fully saturated rings. The topological polar surface area (TPSA) is 73.6 Å². The molecule has 1 amide bonds. The predicted molar refractivity (Wildman–Crippen MR) is 69.1 cm³/mol. The molecule has 0 bridgehead atoms. The van der Waals surface area contributed by atoms with Crippen LogP contribution in [0.25, 0.3) is 0 Å². The van der Waals surface area contributed by atoms with E-state index in [4.69, 9.17) is 4.74 Å². The van der Waals surface area contributed by atoms with Crippen molar-refractivity contribution in [2.45, 2.75) is 32.4 Å². The van der Waals surface area contributed by atoms with Crippen molar-refractivity contribution in [2.24, 2.45) is 0 Å². The summed E-state index contributed by atoms with van der Waals surface area (Å²) in [6.45, 7) is 5.09. The van der Waals surface area contributed by atoms with Crippen LogP contribution in [0.3, 0.4) is 0 Å². The first kappa shape index (κ1) is 15.0. The van der Waals surface area contributed by atoms with Crippen LogP contribution in [-0.4, -0.2) is 54.0 Å². The molecule has 0 aromatic carbocycles. The fourth-order valence-electron chi connectivity index (χ4n) is 1.71. The number of nitriles is 1. The van der Waals surface area contributed by atoms with E-state index in [-0.39, 0.29) is 12.3 Å². The molecule has 1 atom stereocenters. The third kappa shape index (κ3) is 3.71. The molecule has 6 nitrogen and oxygen atoms in total. The fourth-order valence-corrected chi connectivity index (χ4v) is 1.71. The maximum Gasteiger partial charge on any atom is 0.412 e. The number of nitrogens with zero attached hydrogens (tertiary/aromatic N) is 3. The highest BCUT2D eigenvalue weighted by atomic mass is 16.6. The molecule has 1 saturated heterocycles. The molecule has 0 spiro atoms. The van der Waals surface area contributed by atoms with Crippen molar-refractivity contribution in [3.05, 3.63) is 11.8 Å². The number of hydrogen-bond acceptors (Lipinski definition) is 5. The van der Waals surface area contributed by atoms with Crippen LogP contribution in [0.4, 0.5) is 4.79 Å². The quantitative estimate of drug-likeness (QED) is 0.665. The summed E-state index contributed by atoms with van der Waals surface area (Å²) in [5.74, 6) is -0.230. The number of likely N-dealkylation sites (tertiary alicyclic amines) is 1. The van der Waals surface area contributed by atoms with Crippen LogP contribution in [0.1, 0.15) is 20.8 Å². The number of ether oxygens (including phenoxy) is 1. The van der Waals surface area contributed by atoms with Gasteiger partial charge in [0.25, 0.3) is 0 Å². The van der Waals surface area contributed by atoms with E-state index in [0.717, 1.165) is 4.90 Å². The van der Waals surface area contributed by atoms with Crippen molar-refractivity contribution < 1.29 is 14.3 Å². The molecule has 0 aromatic heterocycles. The summed E-state index contributed by atoms with van der Waals surface area (Å²) in [5.41, 5.74) is -0.341. The summed E-state index contributed by atoms with van der Waals surface area (Å²) >= 11 is 0. The average molecular weight is 265 g/mol. The number of ketones is 1. The van der Waals surface area contributed by atoms with Crippen LogP contribution in [0.5, 0.6) is 0 Å². The lowest BCUT2D eigenvalue weighted by Gasteiger charge is -2.25. The average Bonchev–Trinajstić information content (AvgIpc) is 2.53.